The summed E-state index contributed by atoms with van der Waals surface area (Å²) in [5, 5.41) is 0. The molecule has 0 unspecified atom stereocenters. The summed E-state index contributed by atoms with van der Waals surface area (Å²) < 4.78 is 5.88. The molecule has 2 aromatic heterocycles. The Balaban J connectivity index is 2.40. The molecular weight excluding hydrogens is 235 g/mol. The predicted octanol–water partition coefficient (Wildman–Crippen LogP) is 1.58. The van der Waals surface area contributed by atoms with Gasteiger partial charge in [-0.1, -0.05) is 6.58 Å². The van der Waals surface area contributed by atoms with Crippen LogP contribution in [-0.4, -0.2) is 23.3 Å². The molecule has 6 nitrogen and oxygen atoms in total. The highest BCUT2D eigenvalue weighted by Crippen LogP contribution is 2.43. The topological polar surface area (TPSA) is 64.9 Å². The summed E-state index contributed by atoms with van der Waals surface area (Å²) in [5.41, 5.74) is 5.44. The Kier molecular flexibility index (Phi) is 3.57. The van der Waals surface area contributed by atoms with Crippen LogP contribution in [0.1, 0.15) is 0 Å². The SMILES string of the molecule is C=CN(/C=C\N)P(n1ccnc1)n1ccnc1. The van der Waals surface area contributed by atoms with Crippen LogP contribution < -0.4 is 5.73 Å². The maximum atomic E-state index is 5.44. The molecule has 0 fully saturated rings. The molecule has 0 aromatic carbocycles. The van der Waals surface area contributed by atoms with E-state index in [1.807, 2.05) is 25.7 Å². The molecule has 7 heteroatoms. The van der Waals surface area contributed by atoms with Crippen molar-refractivity contribution in [2.75, 3.05) is 0 Å². The molecule has 0 saturated carbocycles. The average molecular weight is 248 g/mol. The third kappa shape index (κ3) is 2.37. The maximum Gasteiger partial charge on any atom is 0.222 e. The first-order valence-electron chi connectivity index (χ1n) is 4.92. The van der Waals surface area contributed by atoms with Crippen LogP contribution in [0.15, 0.2) is 62.6 Å². The van der Waals surface area contributed by atoms with Crippen molar-refractivity contribution in [2.24, 2.45) is 5.73 Å². The molecule has 2 rings (SSSR count). The molecule has 0 atom stereocenters. The number of hydrogen-bond donors (Lipinski definition) is 1. The first-order chi connectivity index (χ1) is 8.36. The smallest absolute Gasteiger partial charge is 0.222 e. The number of nitrogens with zero attached hydrogens (tertiary/aromatic N) is 5. The van der Waals surface area contributed by atoms with Crippen molar-refractivity contribution in [1.29, 1.82) is 0 Å². The summed E-state index contributed by atoms with van der Waals surface area (Å²) in [5.74, 6) is 0. The summed E-state index contributed by atoms with van der Waals surface area (Å²) in [6.07, 6.45) is 15.7. The number of imidazole rings is 2. The predicted molar refractivity (Wildman–Crippen MR) is 67.5 cm³/mol. The molecule has 2 N–H and O–H groups in total. The van der Waals surface area contributed by atoms with Crippen molar-refractivity contribution in [3.05, 3.63) is 62.6 Å². The van der Waals surface area contributed by atoms with E-state index in [-0.39, 0.29) is 0 Å². The van der Waals surface area contributed by atoms with E-state index in [0.29, 0.717) is 0 Å². The van der Waals surface area contributed by atoms with Crippen LogP contribution in [0.5, 0.6) is 0 Å². The number of aromatic nitrogens is 4. The van der Waals surface area contributed by atoms with Crippen LogP contribution in [0.2, 0.25) is 0 Å². The van der Waals surface area contributed by atoms with Crippen LogP contribution in [0, 0.1) is 0 Å². The van der Waals surface area contributed by atoms with Crippen LogP contribution >= 0.6 is 8.37 Å². The van der Waals surface area contributed by atoms with Gasteiger partial charge in [-0.25, -0.2) is 9.97 Å². The highest BCUT2D eigenvalue weighted by atomic mass is 31.1. The Morgan fingerprint density at radius 3 is 2.12 bits per heavy atom. The van der Waals surface area contributed by atoms with E-state index in [2.05, 4.69) is 16.5 Å². The van der Waals surface area contributed by atoms with E-state index in [1.54, 1.807) is 37.4 Å². The van der Waals surface area contributed by atoms with Crippen LogP contribution in [0.3, 0.4) is 0 Å². The Labute approximate surface area is 101 Å². The zero-order chi connectivity index (χ0) is 12.1. The van der Waals surface area contributed by atoms with Gasteiger partial charge in [-0.3, -0.25) is 13.3 Å². The molecular formula is C10H13N6P. The van der Waals surface area contributed by atoms with Gasteiger partial charge in [0.25, 0.3) is 0 Å². The highest BCUT2D eigenvalue weighted by Gasteiger charge is 2.17. The quantitative estimate of drug-likeness (QED) is 0.816. The van der Waals surface area contributed by atoms with Crippen LogP contribution in [0.25, 0.3) is 0 Å². The summed E-state index contributed by atoms with van der Waals surface area (Å²) >= 11 is 0. The molecule has 0 radical (unpaired) electrons. The fraction of sp³-hybridized carbons (Fsp3) is 0. The van der Waals surface area contributed by atoms with Gasteiger partial charge in [-0.2, -0.15) is 0 Å². The molecule has 0 spiro atoms. The van der Waals surface area contributed by atoms with Crippen molar-refractivity contribution < 1.29 is 0 Å². The molecule has 2 heterocycles. The standard InChI is InChI=1S/C10H13N6P/c1-2-14(6-3-11)17(15-7-4-12-9-15)16-8-5-13-10-16/h2-10H,1,11H2/b6-3-. The Bertz CT molecular complexity index is 441. The summed E-state index contributed by atoms with van der Waals surface area (Å²) in [6, 6.07) is 0. The maximum absolute atomic E-state index is 5.44. The number of nitrogens with two attached hydrogens (primary N) is 1. The zero-order valence-corrected chi connectivity index (χ0v) is 10.1. The first-order valence-corrected chi connectivity index (χ1v) is 6.12. The molecule has 2 aromatic rings. The van der Waals surface area contributed by atoms with E-state index in [0.717, 1.165) is 0 Å². The monoisotopic (exact) mass is 248 g/mol. The fourth-order valence-electron chi connectivity index (χ4n) is 1.36. The van der Waals surface area contributed by atoms with Gasteiger partial charge in [-0.15, -0.1) is 0 Å². The van der Waals surface area contributed by atoms with Gasteiger partial charge in [0.15, 0.2) is 0 Å². The summed E-state index contributed by atoms with van der Waals surface area (Å²) in [6.45, 7) is 3.79. The number of rotatable bonds is 5. The van der Waals surface area contributed by atoms with Crippen molar-refractivity contribution in [3.8, 4) is 0 Å². The second kappa shape index (κ2) is 5.32. The van der Waals surface area contributed by atoms with Crippen molar-refractivity contribution >= 4 is 8.37 Å². The average Bonchev–Trinajstić information content (AvgIpc) is 3.01. The molecule has 0 amide bonds. The van der Waals surface area contributed by atoms with Crippen molar-refractivity contribution in [3.63, 3.8) is 0 Å². The Morgan fingerprint density at radius 2 is 1.76 bits per heavy atom. The van der Waals surface area contributed by atoms with Gasteiger partial charge in [0.2, 0.25) is 8.37 Å². The fourth-order valence-corrected chi connectivity index (χ4v) is 3.07. The lowest BCUT2D eigenvalue weighted by Gasteiger charge is -2.27. The van der Waals surface area contributed by atoms with Crippen molar-refractivity contribution in [1.82, 2.24) is 23.3 Å². The molecule has 88 valence electrons. The minimum atomic E-state index is -0.889. The molecule has 0 saturated heterocycles. The van der Waals surface area contributed by atoms with Gasteiger partial charge >= 0.3 is 0 Å². The Morgan fingerprint density at radius 1 is 1.18 bits per heavy atom. The highest BCUT2D eigenvalue weighted by molar-refractivity contribution is 7.52. The Hall–Kier alpha value is -2.07. The molecule has 17 heavy (non-hydrogen) atoms. The van der Waals surface area contributed by atoms with Gasteiger partial charge < -0.3 is 5.73 Å². The third-order valence-electron chi connectivity index (χ3n) is 2.03. The number of hydrogen-bond acceptors (Lipinski definition) is 4. The molecule has 0 aliphatic heterocycles. The van der Waals surface area contributed by atoms with Crippen LogP contribution in [0.4, 0.5) is 0 Å². The van der Waals surface area contributed by atoms with E-state index in [1.165, 1.54) is 6.20 Å². The normalized spacial score (nSPS) is 11.1. The lowest BCUT2D eigenvalue weighted by atomic mass is 10.8. The van der Waals surface area contributed by atoms with Crippen LogP contribution in [-0.2, 0) is 0 Å². The van der Waals surface area contributed by atoms with E-state index in [9.17, 15) is 0 Å². The van der Waals surface area contributed by atoms with Gasteiger partial charge in [0.05, 0.1) is 0 Å². The van der Waals surface area contributed by atoms with E-state index in [4.69, 9.17) is 5.73 Å². The zero-order valence-electron chi connectivity index (χ0n) is 9.16. The van der Waals surface area contributed by atoms with Gasteiger partial charge in [0, 0.05) is 43.4 Å². The molecule has 0 aliphatic rings. The summed E-state index contributed by atoms with van der Waals surface area (Å²) in [4.78, 5) is 8.12. The van der Waals surface area contributed by atoms with E-state index < -0.39 is 8.37 Å². The third-order valence-corrected chi connectivity index (χ3v) is 4.04. The molecule has 0 bridgehead atoms. The van der Waals surface area contributed by atoms with E-state index >= 15 is 0 Å². The van der Waals surface area contributed by atoms with Gasteiger partial charge in [0.1, 0.15) is 12.7 Å². The lowest BCUT2D eigenvalue weighted by molar-refractivity contribution is 0.781. The van der Waals surface area contributed by atoms with Crippen molar-refractivity contribution in [2.45, 2.75) is 0 Å². The minimum Gasteiger partial charge on any atom is -0.403 e. The minimum absolute atomic E-state index is 0.889. The largest absolute Gasteiger partial charge is 0.403 e. The lowest BCUT2D eigenvalue weighted by Crippen LogP contribution is -2.12. The molecule has 0 aliphatic carbocycles. The second-order valence-electron chi connectivity index (χ2n) is 3.06. The van der Waals surface area contributed by atoms with Gasteiger partial charge in [-0.05, 0) is 0 Å². The summed E-state index contributed by atoms with van der Waals surface area (Å²) in [7, 11) is -0.889. The first kappa shape index (κ1) is 11.4. The second-order valence-corrected chi connectivity index (χ2v) is 4.98.